The Morgan fingerprint density at radius 1 is 1.06 bits per heavy atom. The first-order chi connectivity index (χ1) is 15.8. The minimum absolute atomic E-state index is 0.170. The summed E-state index contributed by atoms with van der Waals surface area (Å²) in [6.07, 6.45) is 1.75. The Morgan fingerprint density at radius 3 is 2.55 bits per heavy atom. The summed E-state index contributed by atoms with van der Waals surface area (Å²) in [5.74, 6) is 0.751. The molecule has 0 heterocycles. The van der Waals surface area contributed by atoms with Crippen molar-refractivity contribution < 1.29 is 14.3 Å². The summed E-state index contributed by atoms with van der Waals surface area (Å²) >= 11 is 14.4. The molecule has 8 heteroatoms. The van der Waals surface area contributed by atoms with Crippen molar-refractivity contribution in [1.29, 1.82) is 0 Å². The number of hydrogen-bond donors (Lipinski definition) is 1. The Bertz CT molecular complexity index is 1200. The number of ether oxygens (including phenoxy) is 2. The predicted molar refractivity (Wildman–Crippen MR) is 144 cm³/mol. The molecular formula is C25H23Cl2IN2O3. The highest BCUT2D eigenvalue weighted by molar-refractivity contribution is 14.1. The van der Waals surface area contributed by atoms with Gasteiger partial charge in [0.25, 0.3) is 5.91 Å². The monoisotopic (exact) mass is 596 g/mol. The van der Waals surface area contributed by atoms with Crippen molar-refractivity contribution in [3.8, 4) is 11.5 Å². The fourth-order valence-corrected chi connectivity index (χ4v) is 4.06. The summed E-state index contributed by atoms with van der Waals surface area (Å²) in [5.41, 5.74) is 4.21. The largest absolute Gasteiger partial charge is 0.490 e. The molecule has 0 saturated carbocycles. The van der Waals surface area contributed by atoms with Crippen LogP contribution in [0.5, 0.6) is 11.5 Å². The molecule has 0 aliphatic rings. The van der Waals surface area contributed by atoms with Crippen LogP contribution in [-0.4, -0.2) is 25.3 Å². The van der Waals surface area contributed by atoms with Crippen molar-refractivity contribution in [2.75, 3.05) is 18.5 Å². The third-order valence-electron chi connectivity index (χ3n) is 4.66. The van der Waals surface area contributed by atoms with E-state index in [1.807, 2.05) is 57.2 Å². The molecule has 0 fully saturated rings. The van der Waals surface area contributed by atoms with Crippen molar-refractivity contribution >= 4 is 69.3 Å². The molecule has 0 aliphatic carbocycles. The maximum atomic E-state index is 12.4. The molecule has 0 bridgehead atoms. The van der Waals surface area contributed by atoms with Crippen LogP contribution < -0.4 is 14.8 Å². The fourth-order valence-electron chi connectivity index (χ4n) is 2.94. The zero-order valence-corrected chi connectivity index (χ0v) is 22.1. The van der Waals surface area contributed by atoms with Crippen LogP contribution >= 0.6 is 45.8 Å². The maximum absolute atomic E-state index is 12.4. The van der Waals surface area contributed by atoms with Gasteiger partial charge in [-0.25, -0.2) is 0 Å². The smallest absolute Gasteiger partial charge is 0.262 e. The van der Waals surface area contributed by atoms with Crippen LogP contribution in [0.15, 0.2) is 53.5 Å². The molecule has 5 nitrogen and oxygen atoms in total. The highest BCUT2D eigenvalue weighted by atomic mass is 127. The number of hydrogen-bond acceptors (Lipinski definition) is 4. The summed E-state index contributed by atoms with van der Waals surface area (Å²) in [6.45, 7) is 6.05. The summed E-state index contributed by atoms with van der Waals surface area (Å²) in [5, 5.41) is 4.01. The standard InChI is InChI=1S/C25H23Cl2IN2O3/c1-4-32-23-10-17(13-29-22-11-18(26)7-5-16(22)3)9-21(28)25(23)33-14-24(31)30-19-8-6-15(2)20(27)12-19/h5-13H,4,14H2,1-3H3,(H,30,31). The number of carbonyl (C=O) groups is 1. The van der Waals surface area contributed by atoms with Crippen LogP contribution in [0.25, 0.3) is 0 Å². The molecule has 0 radical (unpaired) electrons. The van der Waals surface area contributed by atoms with E-state index in [1.54, 1.807) is 18.3 Å². The van der Waals surface area contributed by atoms with E-state index in [2.05, 4.69) is 32.9 Å². The zero-order chi connectivity index (χ0) is 24.0. The van der Waals surface area contributed by atoms with Crippen molar-refractivity contribution in [1.82, 2.24) is 0 Å². The van der Waals surface area contributed by atoms with E-state index in [1.165, 1.54) is 0 Å². The summed E-state index contributed by atoms with van der Waals surface area (Å²) in [4.78, 5) is 17.0. The number of halogens is 3. The number of aliphatic imine (C=N–C) groups is 1. The summed E-state index contributed by atoms with van der Waals surface area (Å²) in [7, 11) is 0. The van der Waals surface area contributed by atoms with Crippen molar-refractivity contribution in [2.24, 2.45) is 4.99 Å². The van der Waals surface area contributed by atoms with Gasteiger partial charge in [-0.2, -0.15) is 0 Å². The predicted octanol–water partition coefficient (Wildman–Crippen LogP) is 7.38. The van der Waals surface area contributed by atoms with Crippen molar-refractivity contribution in [3.63, 3.8) is 0 Å². The van der Waals surface area contributed by atoms with Gasteiger partial charge in [0.1, 0.15) is 0 Å². The number of rotatable bonds is 8. The molecule has 0 unspecified atom stereocenters. The van der Waals surface area contributed by atoms with Gasteiger partial charge in [0.05, 0.1) is 15.9 Å². The minimum Gasteiger partial charge on any atom is -0.490 e. The number of nitrogens with zero attached hydrogens (tertiary/aromatic N) is 1. The Hall–Kier alpha value is -2.29. The van der Waals surface area contributed by atoms with E-state index in [9.17, 15) is 4.79 Å². The minimum atomic E-state index is -0.296. The third-order valence-corrected chi connectivity index (χ3v) is 6.10. The number of benzene rings is 3. The molecule has 1 amide bonds. The number of carbonyl (C=O) groups excluding carboxylic acids is 1. The topological polar surface area (TPSA) is 59.9 Å². The van der Waals surface area contributed by atoms with E-state index >= 15 is 0 Å². The summed E-state index contributed by atoms with van der Waals surface area (Å²) < 4.78 is 12.4. The molecule has 0 saturated heterocycles. The Balaban J connectivity index is 1.75. The van der Waals surface area contributed by atoms with Gasteiger partial charge in [0, 0.05) is 21.9 Å². The van der Waals surface area contributed by atoms with Crippen LogP contribution in [0.1, 0.15) is 23.6 Å². The molecule has 0 atom stereocenters. The Kier molecular flexibility index (Phi) is 9.00. The molecule has 0 aliphatic heterocycles. The Morgan fingerprint density at radius 2 is 1.82 bits per heavy atom. The molecule has 172 valence electrons. The van der Waals surface area contributed by atoms with Crippen LogP contribution in [0.2, 0.25) is 10.0 Å². The quantitative estimate of drug-likeness (QED) is 0.218. The van der Waals surface area contributed by atoms with Gasteiger partial charge < -0.3 is 14.8 Å². The average molecular weight is 597 g/mol. The number of amides is 1. The molecule has 0 spiro atoms. The number of anilines is 1. The molecule has 3 rings (SSSR count). The first-order valence-electron chi connectivity index (χ1n) is 10.2. The van der Waals surface area contributed by atoms with Crippen LogP contribution in [0, 0.1) is 17.4 Å². The first-order valence-corrected chi connectivity index (χ1v) is 12.1. The van der Waals surface area contributed by atoms with E-state index < -0.39 is 0 Å². The average Bonchev–Trinajstić information content (AvgIpc) is 2.76. The lowest BCUT2D eigenvalue weighted by atomic mass is 10.2. The molecule has 0 aromatic heterocycles. The molecule has 3 aromatic rings. The second-order valence-electron chi connectivity index (χ2n) is 7.25. The molecular weight excluding hydrogens is 574 g/mol. The van der Waals surface area contributed by atoms with E-state index in [-0.39, 0.29) is 12.5 Å². The molecule has 3 aromatic carbocycles. The van der Waals surface area contributed by atoms with Crippen molar-refractivity contribution in [2.45, 2.75) is 20.8 Å². The molecule has 1 N–H and O–H groups in total. The van der Waals surface area contributed by atoms with E-state index in [4.69, 9.17) is 32.7 Å². The second-order valence-corrected chi connectivity index (χ2v) is 9.26. The number of aryl methyl sites for hydroxylation is 2. The fraction of sp³-hybridized carbons (Fsp3) is 0.200. The SMILES string of the molecule is CCOc1cc(C=Nc2cc(Cl)ccc2C)cc(I)c1OCC(=O)Nc1ccc(C)c(Cl)c1. The number of nitrogens with one attached hydrogen (secondary N) is 1. The lowest BCUT2D eigenvalue weighted by Gasteiger charge is -2.15. The van der Waals surface area contributed by atoms with Gasteiger partial charge in [-0.05, 0) is 96.5 Å². The van der Waals surface area contributed by atoms with Gasteiger partial charge >= 0.3 is 0 Å². The second kappa shape index (κ2) is 11.7. The summed E-state index contributed by atoms with van der Waals surface area (Å²) in [6, 6.07) is 14.7. The lowest BCUT2D eigenvalue weighted by Crippen LogP contribution is -2.20. The van der Waals surface area contributed by atoms with Gasteiger partial charge in [-0.15, -0.1) is 0 Å². The van der Waals surface area contributed by atoms with Crippen molar-refractivity contribution in [3.05, 3.63) is 78.8 Å². The van der Waals surface area contributed by atoms with Crippen LogP contribution in [-0.2, 0) is 4.79 Å². The highest BCUT2D eigenvalue weighted by Gasteiger charge is 2.14. The molecule has 33 heavy (non-hydrogen) atoms. The maximum Gasteiger partial charge on any atom is 0.262 e. The Labute approximate surface area is 217 Å². The van der Waals surface area contributed by atoms with Crippen LogP contribution in [0.4, 0.5) is 11.4 Å². The van der Waals surface area contributed by atoms with Crippen LogP contribution in [0.3, 0.4) is 0 Å². The zero-order valence-electron chi connectivity index (χ0n) is 18.4. The lowest BCUT2D eigenvalue weighted by molar-refractivity contribution is -0.118. The first kappa shape index (κ1) is 25.3. The third kappa shape index (κ3) is 7.09. The highest BCUT2D eigenvalue weighted by Crippen LogP contribution is 2.34. The van der Waals surface area contributed by atoms with Gasteiger partial charge in [0.2, 0.25) is 0 Å². The van der Waals surface area contributed by atoms with Gasteiger partial charge in [0.15, 0.2) is 18.1 Å². The van der Waals surface area contributed by atoms with E-state index in [0.29, 0.717) is 33.8 Å². The normalized spacial score (nSPS) is 11.0. The van der Waals surface area contributed by atoms with Gasteiger partial charge in [-0.3, -0.25) is 9.79 Å². The van der Waals surface area contributed by atoms with Gasteiger partial charge in [-0.1, -0.05) is 35.3 Å². The van der Waals surface area contributed by atoms with E-state index in [0.717, 1.165) is 25.9 Å².